The first-order chi connectivity index (χ1) is 14.1. The molecule has 1 aliphatic carbocycles. The molecule has 144 valence electrons. The quantitative estimate of drug-likeness (QED) is 0.506. The molecule has 5 rings (SSSR count). The van der Waals surface area contributed by atoms with Crippen LogP contribution in [0.25, 0.3) is 16.6 Å². The predicted molar refractivity (Wildman–Crippen MR) is 109 cm³/mol. The lowest BCUT2D eigenvalue weighted by Gasteiger charge is -2.12. The van der Waals surface area contributed by atoms with Crippen molar-refractivity contribution in [1.29, 1.82) is 0 Å². The molecule has 0 saturated carbocycles. The van der Waals surface area contributed by atoms with E-state index in [0.717, 1.165) is 47.0 Å². The summed E-state index contributed by atoms with van der Waals surface area (Å²) < 4.78 is 7.09. The fraction of sp³-hybridized carbons (Fsp3) is 0.217. The molecule has 6 nitrogen and oxygen atoms in total. The Labute approximate surface area is 166 Å². The van der Waals surface area contributed by atoms with Crippen LogP contribution < -0.4 is 5.56 Å². The Morgan fingerprint density at radius 2 is 2.00 bits per heavy atom. The summed E-state index contributed by atoms with van der Waals surface area (Å²) in [6.07, 6.45) is 4.43. The number of fused-ring (bicyclic) bond motifs is 3. The zero-order valence-electron chi connectivity index (χ0n) is 16.0. The number of carbonyl (C=O) groups is 1. The fourth-order valence-corrected chi connectivity index (χ4v) is 3.99. The Morgan fingerprint density at radius 1 is 1.14 bits per heavy atom. The molecule has 6 heteroatoms. The number of ether oxygens (including phenoxy) is 1. The van der Waals surface area contributed by atoms with Crippen molar-refractivity contribution in [2.24, 2.45) is 0 Å². The normalized spacial score (nSPS) is 13.0. The van der Waals surface area contributed by atoms with Gasteiger partial charge < -0.3 is 4.74 Å². The van der Waals surface area contributed by atoms with E-state index in [-0.39, 0.29) is 12.2 Å². The Hall–Kier alpha value is -3.54. The van der Waals surface area contributed by atoms with Gasteiger partial charge in [-0.15, -0.1) is 0 Å². The maximum Gasteiger partial charge on any atom is 0.339 e. The van der Waals surface area contributed by atoms with Gasteiger partial charge in [-0.25, -0.2) is 9.78 Å². The summed E-state index contributed by atoms with van der Waals surface area (Å²) in [4.78, 5) is 34.5. The smallest absolute Gasteiger partial charge is 0.339 e. The number of nitrogens with zero attached hydrogens (tertiary/aromatic N) is 3. The maximum absolute atomic E-state index is 13.0. The number of pyridine rings is 2. The van der Waals surface area contributed by atoms with Crippen LogP contribution in [0.1, 0.15) is 39.3 Å². The Bertz CT molecular complexity index is 1340. The molecule has 1 aromatic carbocycles. The van der Waals surface area contributed by atoms with Gasteiger partial charge in [-0.1, -0.05) is 24.3 Å². The highest BCUT2D eigenvalue weighted by Crippen LogP contribution is 2.30. The van der Waals surface area contributed by atoms with Crippen LogP contribution in [0, 0.1) is 6.92 Å². The number of benzene rings is 1. The lowest BCUT2D eigenvalue weighted by molar-refractivity contribution is 0.0469. The van der Waals surface area contributed by atoms with Crippen LogP contribution in [0.4, 0.5) is 0 Å². The number of carbonyl (C=O) groups excluding carboxylic acids is 1. The van der Waals surface area contributed by atoms with Crippen LogP contribution in [-0.4, -0.2) is 20.3 Å². The summed E-state index contributed by atoms with van der Waals surface area (Å²) in [5.74, 6) is -0.396. The number of aryl methyl sites for hydroxylation is 2. The SMILES string of the molecule is Cc1ccc2nc(COC(=O)c3c4c(nc5ccccc35)CCC4)cc(=O)n2c1. The highest BCUT2D eigenvalue weighted by atomic mass is 16.5. The van der Waals surface area contributed by atoms with Crippen LogP contribution in [0.15, 0.2) is 53.5 Å². The van der Waals surface area contributed by atoms with Crippen molar-refractivity contribution in [3.05, 3.63) is 87.1 Å². The summed E-state index contributed by atoms with van der Waals surface area (Å²) in [6.45, 7) is 1.86. The summed E-state index contributed by atoms with van der Waals surface area (Å²) in [6, 6.07) is 12.7. The molecular formula is C23H19N3O3. The van der Waals surface area contributed by atoms with Crippen molar-refractivity contribution < 1.29 is 9.53 Å². The van der Waals surface area contributed by atoms with E-state index in [1.54, 1.807) is 12.3 Å². The van der Waals surface area contributed by atoms with Gasteiger partial charge in [-0.2, -0.15) is 0 Å². The van der Waals surface area contributed by atoms with E-state index in [9.17, 15) is 9.59 Å². The van der Waals surface area contributed by atoms with Gasteiger partial charge >= 0.3 is 5.97 Å². The summed E-state index contributed by atoms with van der Waals surface area (Å²) in [5, 5.41) is 0.806. The molecule has 0 atom stereocenters. The van der Waals surface area contributed by atoms with E-state index < -0.39 is 5.97 Å². The Balaban J connectivity index is 1.48. The zero-order chi connectivity index (χ0) is 20.0. The second-order valence-electron chi connectivity index (χ2n) is 7.38. The summed E-state index contributed by atoms with van der Waals surface area (Å²) >= 11 is 0. The highest BCUT2D eigenvalue weighted by Gasteiger charge is 2.24. The van der Waals surface area contributed by atoms with Crippen LogP contribution >= 0.6 is 0 Å². The summed E-state index contributed by atoms with van der Waals surface area (Å²) in [5.41, 5.74) is 5.10. The minimum absolute atomic E-state index is 0.0517. The molecule has 1 aliphatic rings. The molecule has 0 amide bonds. The van der Waals surface area contributed by atoms with Crippen molar-refractivity contribution in [3.63, 3.8) is 0 Å². The van der Waals surface area contributed by atoms with Gasteiger partial charge in [-0.3, -0.25) is 14.2 Å². The van der Waals surface area contributed by atoms with Crippen LogP contribution in [0.3, 0.4) is 0 Å². The van der Waals surface area contributed by atoms with Gasteiger partial charge in [0.2, 0.25) is 0 Å². The topological polar surface area (TPSA) is 73.6 Å². The first kappa shape index (κ1) is 17.6. The van der Waals surface area contributed by atoms with Crippen LogP contribution in [0.5, 0.6) is 0 Å². The first-order valence-corrected chi connectivity index (χ1v) is 9.67. The number of aromatic nitrogens is 3. The lowest BCUT2D eigenvalue weighted by atomic mass is 10.0. The van der Waals surface area contributed by atoms with E-state index in [1.807, 2.05) is 37.3 Å². The third-order valence-electron chi connectivity index (χ3n) is 5.34. The van der Waals surface area contributed by atoms with Crippen LogP contribution in [-0.2, 0) is 24.2 Å². The maximum atomic E-state index is 13.0. The molecule has 0 fully saturated rings. The van der Waals surface area contributed by atoms with E-state index in [4.69, 9.17) is 9.72 Å². The van der Waals surface area contributed by atoms with Crippen molar-refractivity contribution >= 4 is 22.5 Å². The average molecular weight is 385 g/mol. The summed E-state index contributed by atoms with van der Waals surface area (Å²) in [7, 11) is 0. The fourth-order valence-electron chi connectivity index (χ4n) is 3.99. The molecule has 3 heterocycles. The molecule has 0 aliphatic heterocycles. The third-order valence-corrected chi connectivity index (χ3v) is 5.34. The number of hydrogen-bond acceptors (Lipinski definition) is 5. The monoisotopic (exact) mass is 385 g/mol. The average Bonchev–Trinajstić information content (AvgIpc) is 3.18. The van der Waals surface area contributed by atoms with Gasteiger partial charge in [0.05, 0.1) is 16.8 Å². The molecule has 0 spiro atoms. The zero-order valence-corrected chi connectivity index (χ0v) is 16.0. The predicted octanol–water partition coefficient (Wildman–Crippen LogP) is 3.40. The Morgan fingerprint density at radius 3 is 2.90 bits per heavy atom. The first-order valence-electron chi connectivity index (χ1n) is 9.67. The van der Waals surface area contributed by atoms with E-state index in [0.29, 0.717) is 16.9 Å². The Kier molecular flexibility index (Phi) is 4.12. The standard InChI is InChI=1S/C23H19N3O3/c1-14-9-10-20-24-15(11-21(27)26(20)12-14)13-29-23(28)22-16-5-2-3-7-18(16)25-19-8-4-6-17(19)22/h2-3,5,7,9-12H,4,6,8,13H2,1H3. The van der Waals surface area contributed by atoms with Crippen molar-refractivity contribution in [2.75, 3.05) is 0 Å². The van der Waals surface area contributed by atoms with Gasteiger partial charge in [0.25, 0.3) is 5.56 Å². The van der Waals surface area contributed by atoms with Gasteiger partial charge in [0, 0.05) is 23.3 Å². The minimum atomic E-state index is -0.396. The van der Waals surface area contributed by atoms with Gasteiger partial charge in [-0.05, 0) is 49.4 Å². The second kappa shape index (κ2) is 6.81. The molecule has 0 saturated heterocycles. The lowest BCUT2D eigenvalue weighted by Crippen LogP contribution is -2.17. The second-order valence-corrected chi connectivity index (χ2v) is 7.38. The third kappa shape index (κ3) is 3.06. The number of esters is 1. The van der Waals surface area contributed by atoms with Gasteiger partial charge in [0.1, 0.15) is 12.3 Å². The number of hydrogen-bond donors (Lipinski definition) is 0. The highest BCUT2D eigenvalue weighted by molar-refractivity contribution is 6.05. The largest absolute Gasteiger partial charge is 0.456 e. The molecular weight excluding hydrogens is 366 g/mol. The van der Waals surface area contributed by atoms with Crippen molar-refractivity contribution in [2.45, 2.75) is 32.8 Å². The minimum Gasteiger partial charge on any atom is -0.456 e. The van der Waals surface area contributed by atoms with Crippen molar-refractivity contribution in [3.8, 4) is 0 Å². The molecule has 0 N–H and O–H groups in total. The molecule has 3 aromatic heterocycles. The van der Waals surface area contributed by atoms with E-state index >= 15 is 0 Å². The van der Waals surface area contributed by atoms with Crippen molar-refractivity contribution in [1.82, 2.24) is 14.4 Å². The molecule has 0 radical (unpaired) electrons. The molecule has 0 bridgehead atoms. The van der Waals surface area contributed by atoms with Gasteiger partial charge in [0.15, 0.2) is 0 Å². The van der Waals surface area contributed by atoms with E-state index in [1.165, 1.54) is 10.5 Å². The molecule has 29 heavy (non-hydrogen) atoms. The molecule has 4 aromatic rings. The number of para-hydroxylation sites is 1. The molecule has 0 unspecified atom stereocenters. The van der Waals surface area contributed by atoms with E-state index in [2.05, 4.69) is 4.98 Å². The van der Waals surface area contributed by atoms with Crippen LogP contribution in [0.2, 0.25) is 0 Å². The number of rotatable bonds is 3.